The third kappa shape index (κ3) is 2.93. The van der Waals surface area contributed by atoms with E-state index in [-0.39, 0.29) is 5.82 Å². The van der Waals surface area contributed by atoms with Crippen LogP contribution in [0.1, 0.15) is 16.7 Å². The molecule has 104 valence electrons. The normalized spacial score (nSPS) is 14.3. The Bertz CT molecular complexity index is 645. The van der Waals surface area contributed by atoms with Crippen LogP contribution in [-0.4, -0.2) is 16.9 Å². The minimum atomic E-state index is -0.308. The molecule has 1 N–H and O–H groups in total. The molecule has 0 fully saturated rings. The van der Waals surface area contributed by atoms with Gasteiger partial charge in [0.1, 0.15) is 0 Å². The van der Waals surface area contributed by atoms with Gasteiger partial charge in [-0.15, -0.1) is 0 Å². The summed E-state index contributed by atoms with van der Waals surface area (Å²) < 4.78 is 14.5. The SMILES string of the molecule is CN1Cc2ccc(CNc3ncc(I)cc3F)cc2C1. The fourth-order valence-corrected chi connectivity index (χ4v) is 2.87. The van der Waals surface area contributed by atoms with Crippen molar-refractivity contribution in [3.63, 3.8) is 0 Å². The third-order valence-electron chi connectivity index (χ3n) is 3.42. The Morgan fingerprint density at radius 3 is 2.90 bits per heavy atom. The van der Waals surface area contributed by atoms with E-state index in [9.17, 15) is 4.39 Å². The molecular formula is C15H15FIN3. The summed E-state index contributed by atoms with van der Waals surface area (Å²) in [6.07, 6.45) is 1.66. The number of fused-ring (bicyclic) bond motifs is 1. The van der Waals surface area contributed by atoms with E-state index in [2.05, 4.69) is 40.4 Å². The summed E-state index contributed by atoms with van der Waals surface area (Å²) in [5, 5.41) is 3.06. The molecule has 0 bridgehead atoms. The zero-order chi connectivity index (χ0) is 14.1. The van der Waals surface area contributed by atoms with Crippen LogP contribution < -0.4 is 5.32 Å². The van der Waals surface area contributed by atoms with Gasteiger partial charge in [0.2, 0.25) is 0 Å². The van der Waals surface area contributed by atoms with Crippen LogP contribution in [0, 0.1) is 9.39 Å². The zero-order valence-corrected chi connectivity index (χ0v) is 13.3. The van der Waals surface area contributed by atoms with Crippen LogP contribution in [0.5, 0.6) is 0 Å². The monoisotopic (exact) mass is 383 g/mol. The number of aromatic nitrogens is 1. The highest BCUT2D eigenvalue weighted by Crippen LogP contribution is 2.23. The lowest BCUT2D eigenvalue weighted by molar-refractivity contribution is 0.353. The third-order valence-corrected chi connectivity index (χ3v) is 4.01. The molecule has 0 saturated carbocycles. The summed E-state index contributed by atoms with van der Waals surface area (Å²) in [7, 11) is 2.11. The van der Waals surface area contributed by atoms with Crippen LogP contribution >= 0.6 is 22.6 Å². The van der Waals surface area contributed by atoms with Gasteiger partial charge in [-0.05, 0) is 52.4 Å². The summed E-state index contributed by atoms with van der Waals surface area (Å²) in [6, 6.07) is 7.92. The van der Waals surface area contributed by atoms with Crippen molar-refractivity contribution in [3.8, 4) is 0 Å². The molecule has 1 aromatic carbocycles. The van der Waals surface area contributed by atoms with E-state index >= 15 is 0 Å². The lowest BCUT2D eigenvalue weighted by atomic mass is 10.1. The summed E-state index contributed by atoms with van der Waals surface area (Å²) in [6.45, 7) is 2.58. The quantitative estimate of drug-likeness (QED) is 0.824. The molecular weight excluding hydrogens is 368 g/mol. The number of halogens is 2. The molecule has 2 aromatic rings. The first-order valence-corrected chi connectivity index (χ1v) is 7.54. The molecule has 1 aliphatic heterocycles. The average Bonchev–Trinajstić information content (AvgIpc) is 2.77. The molecule has 3 nitrogen and oxygen atoms in total. The molecule has 0 amide bonds. The first-order valence-electron chi connectivity index (χ1n) is 6.46. The molecule has 20 heavy (non-hydrogen) atoms. The predicted molar refractivity (Wildman–Crippen MR) is 85.9 cm³/mol. The topological polar surface area (TPSA) is 28.2 Å². The van der Waals surface area contributed by atoms with E-state index in [0.717, 1.165) is 22.2 Å². The van der Waals surface area contributed by atoms with Gasteiger partial charge in [0.25, 0.3) is 0 Å². The first-order chi connectivity index (χ1) is 9.61. The largest absolute Gasteiger partial charge is 0.364 e. The molecule has 0 radical (unpaired) electrons. The molecule has 0 unspecified atom stereocenters. The second-order valence-corrected chi connectivity index (χ2v) is 6.36. The Balaban J connectivity index is 1.71. The van der Waals surface area contributed by atoms with Gasteiger partial charge in [0, 0.05) is 29.4 Å². The minimum Gasteiger partial charge on any atom is -0.364 e. The van der Waals surface area contributed by atoms with Gasteiger partial charge in [0.15, 0.2) is 11.6 Å². The van der Waals surface area contributed by atoms with Crippen LogP contribution in [0.2, 0.25) is 0 Å². The molecule has 0 spiro atoms. The maximum absolute atomic E-state index is 13.7. The summed E-state index contributed by atoms with van der Waals surface area (Å²) >= 11 is 2.05. The smallest absolute Gasteiger partial charge is 0.166 e. The van der Waals surface area contributed by atoms with E-state index in [1.54, 1.807) is 6.20 Å². The number of rotatable bonds is 3. The van der Waals surface area contributed by atoms with Crippen LogP contribution in [0.15, 0.2) is 30.5 Å². The van der Waals surface area contributed by atoms with E-state index < -0.39 is 0 Å². The van der Waals surface area contributed by atoms with E-state index in [1.807, 2.05) is 22.6 Å². The van der Waals surface area contributed by atoms with Crippen LogP contribution in [0.3, 0.4) is 0 Å². The molecule has 1 aliphatic rings. The Morgan fingerprint density at radius 2 is 2.10 bits per heavy atom. The van der Waals surface area contributed by atoms with Crippen LogP contribution in [-0.2, 0) is 19.6 Å². The van der Waals surface area contributed by atoms with Gasteiger partial charge in [0.05, 0.1) is 0 Å². The van der Waals surface area contributed by atoms with Crippen molar-refractivity contribution in [2.45, 2.75) is 19.6 Å². The summed E-state index contributed by atoms with van der Waals surface area (Å²) in [5.74, 6) is 0.000765. The molecule has 1 aromatic heterocycles. The molecule has 3 rings (SSSR count). The number of nitrogens with one attached hydrogen (secondary N) is 1. The maximum atomic E-state index is 13.7. The lowest BCUT2D eigenvalue weighted by Crippen LogP contribution is -2.07. The van der Waals surface area contributed by atoms with Crippen molar-refractivity contribution in [1.82, 2.24) is 9.88 Å². The zero-order valence-electron chi connectivity index (χ0n) is 11.2. The average molecular weight is 383 g/mol. The molecule has 0 aliphatic carbocycles. The van der Waals surface area contributed by atoms with E-state index in [0.29, 0.717) is 12.4 Å². The van der Waals surface area contributed by atoms with Gasteiger partial charge in [-0.1, -0.05) is 18.2 Å². The number of nitrogens with zero attached hydrogens (tertiary/aromatic N) is 2. The predicted octanol–water partition coefficient (Wildman–Crippen LogP) is 3.38. The highest BCUT2D eigenvalue weighted by atomic mass is 127. The van der Waals surface area contributed by atoms with Gasteiger partial charge in [-0.25, -0.2) is 9.37 Å². The number of hydrogen-bond acceptors (Lipinski definition) is 3. The van der Waals surface area contributed by atoms with Crippen LogP contribution in [0.25, 0.3) is 0 Å². The van der Waals surface area contributed by atoms with Crippen molar-refractivity contribution in [1.29, 1.82) is 0 Å². The molecule has 5 heteroatoms. The second-order valence-electron chi connectivity index (χ2n) is 5.11. The van der Waals surface area contributed by atoms with Gasteiger partial charge in [-0.3, -0.25) is 4.90 Å². The molecule has 0 atom stereocenters. The summed E-state index contributed by atoms with van der Waals surface area (Å²) in [5.41, 5.74) is 3.90. The Hall–Kier alpha value is -1.21. The van der Waals surface area contributed by atoms with Crippen molar-refractivity contribution in [2.75, 3.05) is 12.4 Å². The molecule has 0 saturated heterocycles. The number of benzene rings is 1. The fraction of sp³-hybridized carbons (Fsp3) is 0.267. The Morgan fingerprint density at radius 1 is 1.30 bits per heavy atom. The van der Waals surface area contributed by atoms with Gasteiger partial charge < -0.3 is 5.32 Å². The van der Waals surface area contributed by atoms with Gasteiger partial charge in [-0.2, -0.15) is 0 Å². The fourth-order valence-electron chi connectivity index (χ4n) is 2.46. The highest BCUT2D eigenvalue weighted by molar-refractivity contribution is 14.1. The van der Waals surface area contributed by atoms with Crippen molar-refractivity contribution < 1.29 is 4.39 Å². The standard InChI is InChI=1S/C15H15FIN3/c1-20-8-11-3-2-10(4-12(11)9-20)6-18-15-14(16)5-13(17)7-19-15/h2-5,7H,6,8-9H2,1H3,(H,18,19). The Labute approximate surface area is 131 Å². The van der Waals surface area contributed by atoms with Crippen molar-refractivity contribution >= 4 is 28.4 Å². The first kappa shape index (κ1) is 13.8. The van der Waals surface area contributed by atoms with Crippen LogP contribution in [0.4, 0.5) is 10.2 Å². The number of hydrogen-bond donors (Lipinski definition) is 1. The maximum Gasteiger partial charge on any atom is 0.166 e. The second kappa shape index (κ2) is 5.65. The molecule has 2 heterocycles. The van der Waals surface area contributed by atoms with E-state index in [1.165, 1.54) is 17.2 Å². The Kier molecular flexibility index (Phi) is 3.89. The number of pyridine rings is 1. The lowest BCUT2D eigenvalue weighted by Gasteiger charge is -2.08. The highest BCUT2D eigenvalue weighted by Gasteiger charge is 2.15. The minimum absolute atomic E-state index is 0.308. The van der Waals surface area contributed by atoms with E-state index in [4.69, 9.17) is 0 Å². The van der Waals surface area contributed by atoms with Crippen molar-refractivity contribution in [3.05, 3.63) is 56.5 Å². The number of anilines is 1. The van der Waals surface area contributed by atoms with Crippen molar-refractivity contribution in [2.24, 2.45) is 0 Å². The van der Waals surface area contributed by atoms with Gasteiger partial charge >= 0.3 is 0 Å². The summed E-state index contributed by atoms with van der Waals surface area (Å²) in [4.78, 5) is 6.36.